The molecule has 2 heterocycles. The van der Waals surface area contributed by atoms with Gasteiger partial charge in [-0.3, -0.25) is 4.68 Å². The van der Waals surface area contributed by atoms with Gasteiger partial charge in [0.2, 0.25) is 0 Å². The highest BCUT2D eigenvalue weighted by atomic mass is 15.3. The van der Waals surface area contributed by atoms with Crippen molar-refractivity contribution in [1.82, 2.24) is 14.8 Å². The zero-order valence-corrected chi connectivity index (χ0v) is 8.41. The Morgan fingerprint density at radius 1 is 1.57 bits per heavy atom. The third-order valence-electron chi connectivity index (χ3n) is 2.38. The monoisotopic (exact) mass is 190 g/mol. The van der Waals surface area contributed by atoms with Gasteiger partial charge in [-0.25, -0.2) is 0 Å². The molecule has 4 heteroatoms. The smallest absolute Gasteiger partial charge is 0.0758 e. The van der Waals surface area contributed by atoms with E-state index in [1.807, 2.05) is 37.2 Å². The molecule has 0 saturated heterocycles. The molecule has 14 heavy (non-hydrogen) atoms. The molecule has 4 nitrogen and oxygen atoms in total. The lowest BCUT2D eigenvalue weighted by Crippen LogP contribution is -2.00. The van der Waals surface area contributed by atoms with Crippen LogP contribution >= 0.6 is 0 Å². The summed E-state index contributed by atoms with van der Waals surface area (Å²) in [6, 6.07) is 2.05. The van der Waals surface area contributed by atoms with Crippen LogP contribution in [0.3, 0.4) is 0 Å². The Bertz CT molecular complexity index is 400. The highest BCUT2D eigenvalue weighted by Crippen LogP contribution is 2.13. The quantitative estimate of drug-likeness (QED) is 0.773. The van der Waals surface area contributed by atoms with E-state index in [0.29, 0.717) is 0 Å². The first-order valence-electron chi connectivity index (χ1n) is 4.61. The predicted molar refractivity (Wildman–Crippen MR) is 56.1 cm³/mol. The molecule has 0 saturated carbocycles. The van der Waals surface area contributed by atoms with Crippen LogP contribution in [0.4, 0.5) is 5.69 Å². The number of aryl methyl sites for hydroxylation is 1. The second kappa shape index (κ2) is 3.57. The first-order valence-corrected chi connectivity index (χ1v) is 4.61. The van der Waals surface area contributed by atoms with Crippen molar-refractivity contribution in [2.45, 2.75) is 13.5 Å². The average molecular weight is 190 g/mol. The van der Waals surface area contributed by atoms with Gasteiger partial charge >= 0.3 is 0 Å². The van der Waals surface area contributed by atoms with Crippen LogP contribution in [0.15, 0.2) is 24.7 Å². The molecule has 0 aliphatic rings. The van der Waals surface area contributed by atoms with Crippen LogP contribution in [0.1, 0.15) is 11.3 Å². The fourth-order valence-electron chi connectivity index (χ4n) is 1.34. The molecule has 2 rings (SSSR count). The van der Waals surface area contributed by atoms with Crippen molar-refractivity contribution in [1.29, 1.82) is 0 Å². The SMILES string of the molecule is Cc1c(NCc2cc[nH]c2)cnn1C. The van der Waals surface area contributed by atoms with E-state index in [0.717, 1.165) is 17.9 Å². The number of nitrogens with one attached hydrogen (secondary N) is 2. The summed E-state index contributed by atoms with van der Waals surface area (Å²) in [6.45, 7) is 2.88. The van der Waals surface area contributed by atoms with Crippen molar-refractivity contribution in [2.24, 2.45) is 7.05 Å². The molecule has 0 unspecified atom stereocenters. The second-order valence-electron chi connectivity index (χ2n) is 3.34. The number of nitrogens with zero attached hydrogens (tertiary/aromatic N) is 2. The van der Waals surface area contributed by atoms with Gasteiger partial charge in [0.1, 0.15) is 0 Å². The topological polar surface area (TPSA) is 45.6 Å². The van der Waals surface area contributed by atoms with Gasteiger partial charge in [0.25, 0.3) is 0 Å². The summed E-state index contributed by atoms with van der Waals surface area (Å²) in [7, 11) is 1.94. The summed E-state index contributed by atoms with van der Waals surface area (Å²) in [5.41, 5.74) is 3.49. The lowest BCUT2D eigenvalue weighted by atomic mass is 10.3. The van der Waals surface area contributed by atoms with E-state index >= 15 is 0 Å². The molecule has 0 fully saturated rings. The third-order valence-corrected chi connectivity index (χ3v) is 2.38. The average Bonchev–Trinajstić information content (AvgIpc) is 2.77. The maximum Gasteiger partial charge on any atom is 0.0758 e. The highest BCUT2D eigenvalue weighted by Gasteiger charge is 2.02. The molecule has 2 aromatic heterocycles. The molecule has 2 N–H and O–H groups in total. The molecule has 0 spiro atoms. The van der Waals surface area contributed by atoms with Gasteiger partial charge in [0.15, 0.2) is 0 Å². The van der Waals surface area contributed by atoms with Crippen molar-refractivity contribution >= 4 is 5.69 Å². The summed E-state index contributed by atoms with van der Waals surface area (Å²) in [5, 5.41) is 7.50. The maximum absolute atomic E-state index is 4.16. The fourth-order valence-corrected chi connectivity index (χ4v) is 1.34. The minimum atomic E-state index is 0.829. The molecule has 0 amide bonds. The Balaban J connectivity index is 2.02. The van der Waals surface area contributed by atoms with E-state index < -0.39 is 0 Å². The van der Waals surface area contributed by atoms with E-state index in [-0.39, 0.29) is 0 Å². The Morgan fingerprint density at radius 2 is 2.43 bits per heavy atom. The number of aromatic nitrogens is 3. The van der Waals surface area contributed by atoms with Crippen molar-refractivity contribution in [2.75, 3.05) is 5.32 Å². The highest BCUT2D eigenvalue weighted by molar-refractivity contribution is 5.46. The summed E-state index contributed by atoms with van der Waals surface area (Å²) < 4.78 is 1.86. The number of H-pyrrole nitrogens is 1. The third kappa shape index (κ3) is 1.64. The van der Waals surface area contributed by atoms with Crippen LogP contribution in [0, 0.1) is 6.92 Å². The number of hydrogen-bond donors (Lipinski definition) is 2. The molecule has 0 radical (unpaired) electrons. The van der Waals surface area contributed by atoms with E-state index in [4.69, 9.17) is 0 Å². The van der Waals surface area contributed by atoms with Gasteiger partial charge in [-0.1, -0.05) is 0 Å². The number of aromatic amines is 1. The van der Waals surface area contributed by atoms with Crippen LogP contribution in [0.2, 0.25) is 0 Å². The lowest BCUT2D eigenvalue weighted by Gasteiger charge is -2.03. The van der Waals surface area contributed by atoms with Crippen LogP contribution in [0.5, 0.6) is 0 Å². The summed E-state index contributed by atoms with van der Waals surface area (Å²) in [5.74, 6) is 0. The van der Waals surface area contributed by atoms with Crippen molar-refractivity contribution in [3.05, 3.63) is 35.9 Å². The molecule has 0 aliphatic carbocycles. The zero-order chi connectivity index (χ0) is 9.97. The summed E-state index contributed by atoms with van der Waals surface area (Å²) >= 11 is 0. The molecule has 0 atom stereocenters. The Kier molecular flexibility index (Phi) is 2.26. The molecule has 74 valence electrons. The molecule has 0 bridgehead atoms. The van der Waals surface area contributed by atoms with E-state index in [2.05, 4.69) is 21.5 Å². The molecule has 0 aliphatic heterocycles. The van der Waals surface area contributed by atoms with Gasteiger partial charge < -0.3 is 10.3 Å². The standard InChI is InChI=1S/C10H14N4/c1-8-10(7-13-14(8)2)12-6-9-3-4-11-5-9/h3-5,7,11-12H,6H2,1-2H3. The maximum atomic E-state index is 4.16. The Morgan fingerprint density at radius 3 is 3.00 bits per heavy atom. The van der Waals surface area contributed by atoms with Gasteiger partial charge in [-0.05, 0) is 18.6 Å². The van der Waals surface area contributed by atoms with Gasteiger partial charge in [-0.2, -0.15) is 5.10 Å². The van der Waals surface area contributed by atoms with Crippen LogP contribution < -0.4 is 5.32 Å². The Hall–Kier alpha value is -1.71. The number of hydrogen-bond acceptors (Lipinski definition) is 2. The van der Waals surface area contributed by atoms with Crippen molar-refractivity contribution in [3.8, 4) is 0 Å². The van der Waals surface area contributed by atoms with Crippen LogP contribution in [-0.4, -0.2) is 14.8 Å². The van der Waals surface area contributed by atoms with Crippen LogP contribution in [0.25, 0.3) is 0 Å². The van der Waals surface area contributed by atoms with E-state index in [9.17, 15) is 0 Å². The predicted octanol–water partition coefficient (Wildman–Crippen LogP) is 1.67. The normalized spacial score (nSPS) is 10.4. The van der Waals surface area contributed by atoms with Gasteiger partial charge in [0.05, 0.1) is 17.6 Å². The van der Waals surface area contributed by atoms with E-state index in [1.165, 1.54) is 5.56 Å². The largest absolute Gasteiger partial charge is 0.378 e. The first-order chi connectivity index (χ1) is 6.77. The molecule has 0 aromatic carbocycles. The minimum absolute atomic E-state index is 0.829. The zero-order valence-electron chi connectivity index (χ0n) is 8.41. The molecular formula is C10H14N4. The molecule has 2 aromatic rings. The first kappa shape index (κ1) is 8.87. The Labute approximate surface area is 82.9 Å². The minimum Gasteiger partial charge on any atom is -0.378 e. The second-order valence-corrected chi connectivity index (χ2v) is 3.34. The number of anilines is 1. The van der Waals surface area contributed by atoms with Gasteiger partial charge in [0, 0.05) is 26.0 Å². The fraction of sp³-hybridized carbons (Fsp3) is 0.300. The van der Waals surface area contributed by atoms with Crippen LogP contribution in [-0.2, 0) is 13.6 Å². The van der Waals surface area contributed by atoms with Crippen molar-refractivity contribution in [3.63, 3.8) is 0 Å². The van der Waals surface area contributed by atoms with E-state index in [1.54, 1.807) is 0 Å². The summed E-state index contributed by atoms with van der Waals surface area (Å²) in [4.78, 5) is 3.02. The lowest BCUT2D eigenvalue weighted by molar-refractivity contribution is 0.740. The molecular weight excluding hydrogens is 176 g/mol. The number of rotatable bonds is 3. The van der Waals surface area contributed by atoms with Gasteiger partial charge in [-0.15, -0.1) is 0 Å². The summed E-state index contributed by atoms with van der Waals surface area (Å²) in [6.07, 6.45) is 5.76. The van der Waals surface area contributed by atoms with Crippen molar-refractivity contribution < 1.29 is 0 Å².